The first-order valence-corrected chi connectivity index (χ1v) is 10.5. The summed E-state index contributed by atoms with van der Waals surface area (Å²) >= 11 is 0. The van der Waals surface area contributed by atoms with Crippen molar-refractivity contribution in [2.24, 2.45) is 10.7 Å². The second-order valence-electron chi connectivity index (χ2n) is 8.34. The molecule has 10 heteroatoms. The van der Waals surface area contributed by atoms with Crippen LogP contribution in [0.3, 0.4) is 0 Å². The summed E-state index contributed by atoms with van der Waals surface area (Å²) in [6.45, 7) is 5.91. The van der Waals surface area contributed by atoms with Gasteiger partial charge in [0.25, 0.3) is 5.91 Å². The number of nitrogens with two attached hydrogens (primary N) is 1. The summed E-state index contributed by atoms with van der Waals surface area (Å²) in [6, 6.07) is 9.56. The number of nitrogens with one attached hydrogen (secondary N) is 3. The van der Waals surface area contributed by atoms with Crippen LogP contribution in [0.2, 0.25) is 0 Å². The summed E-state index contributed by atoms with van der Waals surface area (Å²) < 4.78 is 0. The van der Waals surface area contributed by atoms with Crippen molar-refractivity contribution in [2.45, 2.75) is 26.3 Å². The standard InChI is InChI=1S/C23H26N8O2/c1-14(32)31-8-7-30(22(33)23(31,2)3)17-6-4-5-15(9-17)19-10-18(16-11-27-28-12-16)20(29-19)21(25)26-13-24/h4-6,9-13,29H,7-8H2,1-3H3,(H,27,28)(H3,24,25,26). The maximum absolute atomic E-state index is 13.2. The van der Waals surface area contributed by atoms with Gasteiger partial charge in [0.15, 0.2) is 0 Å². The third-order valence-electron chi connectivity index (χ3n) is 5.93. The van der Waals surface area contributed by atoms with E-state index in [1.54, 1.807) is 36.0 Å². The molecule has 1 saturated heterocycles. The Morgan fingerprint density at radius 1 is 1.27 bits per heavy atom. The van der Waals surface area contributed by atoms with E-state index < -0.39 is 5.54 Å². The van der Waals surface area contributed by atoms with Crippen molar-refractivity contribution in [3.8, 4) is 22.4 Å². The summed E-state index contributed by atoms with van der Waals surface area (Å²) in [4.78, 5) is 35.7. The molecule has 1 aromatic carbocycles. The molecular weight excluding hydrogens is 420 g/mol. The maximum atomic E-state index is 13.2. The molecule has 0 atom stereocenters. The number of amidine groups is 1. The number of benzene rings is 1. The minimum atomic E-state index is -0.925. The number of carbonyl (C=O) groups is 2. The average molecular weight is 447 g/mol. The predicted molar refractivity (Wildman–Crippen MR) is 127 cm³/mol. The monoisotopic (exact) mass is 446 g/mol. The Labute approximate surface area is 191 Å². The number of amides is 2. The van der Waals surface area contributed by atoms with E-state index in [-0.39, 0.29) is 17.6 Å². The van der Waals surface area contributed by atoms with Crippen molar-refractivity contribution in [1.29, 1.82) is 5.41 Å². The van der Waals surface area contributed by atoms with Crippen molar-refractivity contribution in [1.82, 2.24) is 20.1 Å². The third-order valence-corrected chi connectivity index (χ3v) is 5.93. The Bertz CT molecular complexity index is 1240. The number of anilines is 1. The van der Waals surface area contributed by atoms with Gasteiger partial charge < -0.3 is 20.5 Å². The van der Waals surface area contributed by atoms with Gasteiger partial charge in [-0.1, -0.05) is 12.1 Å². The fourth-order valence-electron chi connectivity index (χ4n) is 4.24. The summed E-state index contributed by atoms with van der Waals surface area (Å²) in [5.74, 6) is -0.0628. The van der Waals surface area contributed by atoms with Crippen molar-refractivity contribution < 1.29 is 9.59 Å². The van der Waals surface area contributed by atoms with Crippen LogP contribution in [0.4, 0.5) is 5.69 Å². The SMILES string of the molecule is CC(=O)N1CCN(c2cccc(-c3cc(-c4cn[nH]c4)c(/C(N)=N\C=N)[nH]3)c2)C(=O)C1(C)C. The first kappa shape index (κ1) is 22.0. The van der Waals surface area contributed by atoms with E-state index in [4.69, 9.17) is 11.1 Å². The van der Waals surface area contributed by atoms with Gasteiger partial charge in [0.05, 0.1) is 11.9 Å². The smallest absolute Gasteiger partial charge is 0.252 e. The van der Waals surface area contributed by atoms with Gasteiger partial charge >= 0.3 is 0 Å². The molecular formula is C23H26N8O2. The normalized spacial score (nSPS) is 16.2. The Balaban J connectivity index is 1.73. The van der Waals surface area contributed by atoms with Crippen LogP contribution in [-0.4, -0.2) is 62.7 Å². The molecule has 1 aliphatic heterocycles. The first-order valence-electron chi connectivity index (χ1n) is 10.5. The van der Waals surface area contributed by atoms with Crippen molar-refractivity contribution in [3.05, 3.63) is 48.4 Å². The molecule has 2 amide bonds. The van der Waals surface area contributed by atoms with Gasteiger partial charge in [-0.15, -0.1) is 0 Å². The highest BCUT2D eigenvalue weighted by atomic mass is 16.2. The van der Waals surface area contributed by atoms with E-state index in [9.17, 15) is 9.59 Å². The Hall–Kier alpha value is -4.21. The van der Waals surface area contributed by atoms with Crippen LogP contribution < -0.4 is 10.6 Å². The zero-order chi connectivity index (χ0) is 23.8. The molecule has 1 fully saturated rings. The molecule has 0 bridgehead atoms. The van der Waals surface area contributed by atoms with Gasteiger partial charge in [0, 0.05) is 54.3 Å². The summed E-state index contributed by atoms with van der Waals surface area (Å²) in [7, 11) is 0. The Morgan fingerprint density at radius 3 is 2.73 bits per heavy atom. The maximum Gasteiger partial charge on any atom is 0.252 e. The number of hydrogen-bond acceptors (Lipinski definition) is 4. The highest BCUT2D eigenvalue weighted by molar-refractivity contribution is 6.06. The molecule has 10 nitrogen and oxygen atoms in total. The molecule has 0 unspecified atom stereocenters. The van der Waals surface area contributed by atoms with Gasteiger partial charge in [0.1, 0.15) is 17.7 Å². The molecule has 0 radical (unpaired) electrons. The number of piperazine rings is 1. The minimum Gasteiger partial charge on any atom is -0.382 e. The third kappa shape index (κ3) is 3.91. The summed E-state index contributed by atoms with van der Waals surface area (Å²) in [6.07, 6.45) is 4.32. The number of H-pyrrole nitrogens is 2. The molecule has 4 rings (SSSR count). The van der Waals surface area contributed by atoms with E-state index in [1.807, 2.05) is 30.3 Å². The molecule has 33 heavy (non-hydrogen) atoms. The largest absolute Gasteiger partial charge is 0.382 e. The van der Waals surface area contributed by atoms with E-state index in [1.165, 1.54) is 6.92 Å². The number of carbonyl (C=O) groups excluding carboxylic acids is 2. The van der Waals surface area contributed by atoms with Crippen LogP contribution >= 0.6 is 0 Å². The van der Waals surface area contributed by atoms with Crippen LogP contribution in [0, 0.1) is 5.41 Å². The Morgan fingerprint density at radius 2 is 2.06 bits per heavy atom. The van der Waals surface area contributed by atoms with E-state index in [0.717, 1.165) is 34.4 Å². The number of hydrogen-bond donors (Lipinski definition) is 4. The van der Waals surface area contributed by atoms with Crippen molar-refractivity contribution in [2.75, 3.05) is 18.0 Å². The molecule has 170 valence electrons. The van der Waals surface area contributed by atoms with Crippen LogP contribution in [0.5, 0.6) is 0 Å². The van der Waals surface area contributed by atoms with Gasteiger partial charge in [-0.3, -0.25) is 20.1 Å². The molecule has 0 spiro atoms. The van der Waals surface area contributed by atoms with Crippen molar-refractivity contribution in [3.63, 3.8) is 0 Å². The lowest BCUT2D eigenvalue weighted by Gasteiger charge is -2.45. The number of aromatic amines is 2. The lowest BCUT2D eigenvalue weighted by molar-refractivity contribution is -0.145. The fraction of sp³-hybridized carbons (Fsp3) is 0.261. The fourth-order valence-corrected chi connectivity index (χ4v) is 4.24. The van der Waals surface area contributed by atoms with Crippen LogP contribution in [0.25, 0.3) is 22.4 Å². The quantitative estimate of drug-likeness (QED) is 0.352. The number of rotatable bonds is 5. The zero-order valence-electron chi connectivity index (χ0n) is 18.7. The average Bonchev–Trinajstić information content (AvgIpc) is 3.45. The molecule has 0 aliphatic carbocycles. The minimum absolute atomic E-state index is 0.114. The molecule has 5 N–H and O–H groups in total. The molecule has 2 aromatic heterocycles. The lowest BCUT2D eigenvalue weighted by Crippen LogP contribution is -2.64. The van der Waals surface area contributed by atoms with E-state index in [2.05, 4.69) is 20.2 Å². The topological polar surface area (TPSA) is 147 Å². The highest BCUT2D eigenvalue weighted by Gasteiger charge is 2.43. The molecule has 0 saturated carbocycles. The lowest BCUT2D eigenvalue weighted by atomic mass is 9.96. The molecule has 3 aromatic rings. The molecule has 1 aliphatic rings. The Kier molecular flexibility index (Phi) is 5.59. The van der Waals surface area contributed by atoms with Crippen molar-refractivity contribution >= 4 is 29.7 Å². The van der Waals surface area contributed by atoms with Gasteiger partial charge in [-0.25, -0.2) is 4.99 Å². The van der Waals surface area contributed by atoms with Gasteiger partial charge in [-0.05, 0) is 32.0 Å². The summed E-state index contributed by atoms with van der Waals surface area (Å²) in [5, 5.41) is 14.0. The zero-order valence-corrected chi connectivity index (χ0v) is 18.7. The van der Waals surface area contributed by atoms with Crippen LogP contribution in [0.15, 0.2) is 47.7 Å². The molecule has 3 heterocycles. The van der Waals surface area contributed by atoms with E-state index >= 15 is 0 Å². The number of aromatic nitrogens is 3. The van der Waals surface area contributed by atoms with Gasteiger partial charge in [0.2, 0.25) is 5.91 Å². The van der Waals surface area contributed by atoms with E-state index in [0.29, 0.717) is 18.8 Å². The van der Waals surface area contributed by atoms with Gasteiger partial charge in [-0.2, -0.15) is 5.10 Å². The first-order chi connectivity index (χ1) is 15.7. The predicted octanol–water partition coefficient (Wildman–Crippen LogP) is 2.36. The highest BCUT2D eigenvalue weighted by Crippen LogP contribution is 2.33. The second-order valence-corrected chi connectivity index (χ2v) is 8.34. The number of aliphatic imine (C=N–C) groups is 1. The second kappa shape index (κ2) is 8.38. The van der Waals surface area contributed by atoms with Crippen LogP contribution in [-0.2, 0) is 9.59 Å². The van der Waals surface area contributed by atoms with Crippen LogP contribution in [0.1, 0.15) is 26.5 Å². The number of nitrogens with zero attached hydrogens (tertiary/aromatic N) is 4. The summed E-state index contributed by atoms with van der Waals surface area (Å²) in [5.41, 5.74) is 9.73.